The van der Waals surface area contributed by atoms with Crippen molar-refractivity contribution in [1.29, 1.82) is 0 Å². The second-order valence-electron chi connectivity index (χ2n) is 2.82. The molecule has 0 saturated heterocycles. The second kappa shape index (κ2) is 3.99. The molecule has 0 spiro atoms. The van der Waals surface area contributed by atoms with E-state index in [1.165, 1.54) is 6.33 Å². The molecule has 2 N–H and O–H groups in total. The number of rotatable bonds is 3. The fraction of sp³-hybridized carbons (Fsp3) is 0.111. The summed E-state index contributed by atoms with van der Waals surface area (Å²) in [6, 6.07) is 7.74. The first-order chi connectivity index (χ1) is 6.90. The summed E-state index contributed by atoms with van der Waals surface area (Å²) in [5.74, 6) is 4.97. The van der Waals surface area contributed by atoms with Gasteiger partial charge in [-0.15, -0.1) is 0 Å². The molecule has 0 aliphatic heterocycles. The van der Waals surface area contributed by atoms with Crippen LogP contribution in [-0.2, 0) is 11.4 Å². The van der Waals surface area contributed by atoms with Gasteiger partial charge in [0.15, 0.2) is 0 Å². The summed E-state index contributed by atoms with van der Waals surface area (Å²) in [5.41, 5.74) is 1.99. The zero-order valence-corrected chi connectivity index (χ0v) is 7.50. The Hall–Kier alpha value is -1.72. The Balaban J connectivity index is 2.22. The van der Waals surface area contributed by atoms with E-state index >= 15 is 0 Å². The molecule has 1 aromatic carbocycles. The van der Waals surface area contributed by atoms with Gasteiger partial charge in [0.2, 0.25) is 0 Å². The molecule has 0 bridgehead atoms. The predicted octanol–water partition coefficient (Wildman–Crippen LogP) is 0.658. The van der Waals surface area contributed by atoms with Gasteiger partial charge in [-0.1, -0.05) is 12.1 Å². The van der Waals surface area contributed by atoms with Crippen molar-refractivity contribution >= 4 is 0 Å². The molecule has 2 rings (SSSR count). The zero-order valence-electron chi connectivity index (χ0n) is 7.50. The minimum absolute atomic E-state index is 0.414. The lowest BCUT2D eigenvalue weighted by atomic mass is 10.2. The average Bonchev–Trinajstić information content (AvgIpc) is 2.72. The van der Waals surface area contributed by atoms with Crippen molar-refractivity contribution in [2.45, 2.75) is 6.61 Å². The third kappa shape index (κ3) is 1.78. The smallest absolute Gasteiger partial charge is 0.138 e. The average molecular weight is 190 g/mol. The minimum atomic E-state index is 0.414. The van der Waals surface area contributed by atoms with Crippen molar-refractivity contribution in [2.75, 3.05) is 0 Å². The first-order valence-electron chi connectivity index (χ1n) is 4.16. The van der Waals surface area contributed by atoms with Gasteiger partial charge in [0.1, 0.15) is 12.7 Å². The summed E-state index contributed by atoms with van der Waals surface area (Å²) in [6.45, 7) is 0.414. The number of nitrogens with zero attached hydrogens (tertiary/aromatic N) is 3. The normalized spacial score (nSPS) is 10.4. The topological polar surface area (TPSA) is 66.0 Å². The highest BCUT2D eigenvalue weighted by molar-refractivity contribution is 5.32. The van der Waals surface area contributed by atoms with Crippen molar-refractivity contribution in [1.82, 2.24) is 14.8 Å². The van der Waals surface area contributed by atoms with Crippen LogP contribution in [-0.4, -0.2) is 14.8 Å². The van der Waals surface area contributed by atoms with E-state index < -0.39 is 0 Å². The van der Waals surface area contributed by atoms with Crippen LogP contribution in [0.5, 0.6) is 0 Å². The summed E-state index contributed by atoms with van der Waals surface area (Å²) in [7, 11) is 0. The highest BCUT2D eigenvalue weighted by atomic mass is 16.6. The van der Waals surface area contributed by atoms with Crippen molar-refractivity contribution in [2.24, 2.45) is 5.90 Å². The highest BCUT2D eigenvalue weighted by Crippen LogP contribution is 2.08. The first-order valence-corrected chi connectivity index (χ1v) is 4.16. The van der Waals surface area contributed by atoms with Crippen molar-refractivity contribution in [3.8, 4) is 5.69 Å². The van der Waals surface area contributed by atoms with Gasteiger partial charge in [-0.25, -0.2) is 15.6 Å². The standard InChI is InChI=1S/C9H10N4O/c10-14-5-8-1-3-9(4-2-8)13-7-11-6-12-13/h1-4,6-7H,5,10H2. The van der Waals surface area contributed by atoms with Crippen molar-refractivity contribution < 1.29 is 4.84 Å². The third-order valence-electron chi connectivity index (χ3n) is 1.87. The van der Waals surface area contributed by atoms with E-state index in [2.05, 4.69) is 14.9 Å². The van der Waals surface area contributed by atoms with E-state index in [9.17, 15) is 0 Å². The summed E-state index contributed by atoms with van der Waals surface area (Å²) >= 11 is 0. The van der Waals surface area contributed by atoms with Gasteiger partial charge in [0.25, 0.3) is 0 Å². The molecule has 14 heavy (non-hydrogen) atoms. The first kappa shape index (κ1) is 8.86. The molecular weight excluding hydrogens is 180 g/mol. The largest absolute Gasteiger partial charge is 0.300 e. The Kier molecular flexibility index (Phi) is 2.53. The van der Waals surface area contributed by atoms with Gasteiger partial charge in [0.05, 0.1) is 12.3 Å². The van der Waals surface area contributed by atoms with E-state index in [4.69, 9.17) is 5.90 Å². The molecule has 5 nitrogen and oxygen atoms in total. The molecule has 1 aromatic heterocycles. The quantitative estimate of drug-likeness (QED) is 0.722. The number of nitrogens with two attached hydrogens (primary N) is 1. The molecule has 5 heteroatoms. The van der Waals surface area contributed by atoms with Crippen molar-refractivity contribution in [3.05, 3.63) is 42.5 Å². The lowest BCUT2D eigenvalue weighted by Gasteiger charge is -2.02. The molecule has 0 radical (unpaired) electrons. The van der Waals surface area contributed by atoms with Crippen LogP contribution in [0, 0.1) is 0 Å². The molecule has 72 valence electrons. The molecule has 1 heterocycles. The maximum absolute atomic E-state index is 4.97. The van der Waals surface area contributed by atoms with E-state index in [0.717, 1.165) is 11.3 Å². The van der Waals surface area contributed by atoms with E-state index in [0.29, 0.717) is 6.61 Å². The molecular formula is C9H10N4O. The fourth-order valence-corrected chi connectivity index (χ4v) is 1.18. The molecule has 2 aromatic rings. The predicted molar refractivity (Wildman–Crippen MR) is 50.3 cm³/mol. The summed E-state index contributed by atoms with van der Waals surface area (Å²) in [4.78, 5) is 8.39. The summed E-state index contributed by atoms with van der Waals surface area (Å²) in [6.07, 6.45) is 3.14. The lowest BCUT2D eigenvalue weighted by Crippen LogP contribution is -1.99. The minimum Gasteiger partial charge on any atom is -0.300 e. The molecule has 0 fully saturated rings. The Morgan fingerprint density at radius 3 is 2.64 bits per heavy atom. The maximum atomic E-state index is 4.97. The summed E-state index contributed by atoms with van der Waals surface area (Å²) in [5, 5.41) is 4.01. The van der Waals surface area contributed by atoms with Crippen LogP contribution >= 0.6 is 0 Å². The fourth-order valence-electron chi connectivity index (χ4n) is 1.18. The lowest BCUT2D eigenvalue weighted by molar-refractivity contribution is 0.124. The van der Waals surface area contributed by atoms with Crippen LogP contribution in [0.4, 0.5) is 0 Å². The maximum Gasteiger partial charge on any atom is 0.138 e. The van der Waals surface area contributed by atoms with Gasteiger partial charge in [-0.05, 0) is 17.7 Å². The third-order valence-corrected chi connectivity index (χ3v) is 1.87. The van der Waals surface area contributed by atoms with Crippen LogP contribution in [0.3, 0.4) is 0 Å². The molecule has 0 atom stereocenters. The molecule has 0 saturated carbocycles. The van der Waals surface area contributed by atoms with Gasteiger partial charge in [-0.2, -0.15) is 5.10 Å². The van der Waals surface area contributed by atoms with Crippen molar-refractivity contribution in [3.63, 3.8) is 0 Å². The monoisotopic (exact) mass is 190 g/mol. The van der Waals surface area contributed by atoms with Gasteiger partial charge < -0.3 is 0 Å². The summed E-state index contributed by atoms with van der Waals surface area (Å²) < 4.78 is 1.69. The van der Waals surface area contributed by atoms with Crippen LogP contribution in [0.2, 0.25) is 0 Å². The number of aromatic nitrogens is 3. The Labute approximate surface area is 81.1 Å². The zero-order chi connectivity index (χ0) is 9.80. The number of benzene rings is 1. The Morgan fingerprint density at radius 2 is 2.07 bits per heavy atom. The van der Waals surface area contributed by atoms with E-state index in [-0.39, 0.29) is 0 Å². The SMILES string of the molecule is NOCc1ccc(-n2cncn2)cc1. The van der Waals surface area contributed by atoms with Gasteiger partial charge in [0, 0.05) is 0 Å². The molecule has 0 amide bonds. The molecule has 0 aliphatic carbocycles. The molecule has 0 aliphatic rings. The van der Waals surface area contributed by atoms with E-state index in [1.54, 1.807) is 11.0 Å². The van der Waals surface area contributed by atoms with Crippen LogP contribution in [0.1, 0.15) is 5.56 Å². The Bertz CT molecular complexity index is 382. The van der Waals surface area contributed by atoms with Crippen LogP contribution < -0.4 is 5.90 Å². The highest BCUT2D eigenvalue weighted by Gasteiger charge is 1.96. The number of hydrogen-bond acceptors (Lipinski definition) is 4. The van der Waals surface area contributed by atoms with Crippen LogP contribution in [0.15, 0.2) is 36.9 Å². The molecule has 0 unspecified atom stereocenters. The van der Waals surface area contributed by atoms with Crippen LogP contribution in [0.25, 0.3) is 5.69 Å². The van der Waals surface area contributed by atoms with E-state index in [1.807, 2.05) is 24.3 Å². The second-order valence-corrected chi connectivity index (χ2v) is 2.82. The van der Waals surface area contributed by atoms with Gasteiger partial charge >= 0.3 is 0 Å². The van der Waals surface area contributed by atoms with Gasteiger partial charge in [-0.3, -0.25) is 4.84 Å². The Morgan fingerprint density at radius 1 is 1.29 bits per heavy atom. The number of hydrogen-bond donors (Lipinski definition) is 1.